The molecule has 0 saturated carbocycles. The van der Waals surface area contributed by atoms with Gasteiger partial charge in [-0.15, -0.1) is 11.6 Å². The second-order valence-electron chi connectivity index (χ2n) is 3.93. The number of nitrogens with zero attached hydrogens (tertiary/aromatic N) is 1. The van der Waals surface area contributed by atoms with Gasteiger partial charge in [0.05, 0.1) is 11.4 Å². The van der Waals surface area contributed by atoms with E-state index >= 15 is 0 Å². The van der Waals surface area contributed by atoms with Crippen molar-refractivity contribution >= 4 is 22.5 Å². The SMILES string of the molecule is CCc1ccc2c(=O)c(CCl)cn(C)c2c1. The van der Waals surface area contributed by atoms with Gasteiger partial charge in [0.1, 0.15) is 0 Å². The third-order valence-corrected chi connectivity index (χ3v) is 3.17. The lowest BCUT2D eigenvalue weighted by Crippen LogP contribution is -2.12. The Hall–Kier alpha value is -1.28. The Morgan fingerprint density at radius 2 is 2.12 bits per heavy atom. The summed E-state index contributed by atoms with van der Waals surface area (Å²) in [7, 11) is 1.94. The highest BCUT2D eigenvalue weighted by Gasteiger charge is 2.06. The third-order valence-electron chi connectivity index (χ3n) is 2.88. The standard InChI is InChI=1S/C13H14ClNO/c1-3-9-4-5-11-12(6-9)15(2)8-10(7-14)13(11)16/h4-6,8H,3,7H2,1-2H3. The van der Waals surface area contributed by atoms with E-state index in [1.165, 1.54) is 5.56 Å². The quantitative estimate of drug-likeness (QED) is 0.734. The number of aryl methyl sites for hydroxylation is 2. The molecule has 16 heavy (non-hydrogen) atoms. The van der Waals surface area contributed by atoms with Crippen LogP contribution in [0.3, 0.4) is 0 Å². The second-order valence-corrected chi connectivity index (χ2v) is 4.20. The summed E-state index contributed by atoms with van der Waals surface area (Å²) in [5.41, 5.74) is 2.91. The summed E-state index contributed by atoms with van der Waals surface area (Å²) in [5.74, 6) is 0.262. The van der Waals surface area contributed by atoms with Crippen LogP contribution in [0, 0.1) is 0 Å². The number of hydrogen-bond acceptors (Lipinski definition) is 1. The average Bonchev–Trinajstić information content (AvgIpc) is 2.33. The molecule has 2 aromatic rings. The van der Waals surface area contributed by atoms with Crippen LogP contribution in [-0.4, -0.2) is 4.57 Å². The van der Waals surface area contributed by atoms with Crippen LogP contribution in [-0.2, 0) is 19.3 Å². The molecule has 0 saturated heterocycles. The van der Waals surface area contributed by atoms with Crippen LogP contribution in [0.4, 0.5) is 0 Å². The molecule has 2 nitrogen and oxygen atoms in total. The van der Waals surface area contributed by atoms with Crippen molar-refractivity contribution in [3.05, 3.63) is 45.7 Å². The van der Waals surface area contributed by atoms with Gasteiger partial charge in [-0.3, -0.25) is 4.79 Å². The first-order chi connectivity index (χ1) is 7.67. The molecule has 0 amide bonds. The Morgan fingerprint density at radius 1 is 1.38 bits per heavy atom. The molecule has 0 spiro atoms. The predicted octanol–water partition coefficient (Wildman–Crippen LogP) is 2.84. The molecule has 1 heterocycles. The monoisotopic (exact) mass is 235 g/mol. The number of rotatable bonds is 2. The van der Waals surface area contributed by atoms with Crippen molar-refractivity contribution in [1.82, 2.24) is 4.57 Å². The Kier molecular flexibility index (Phi) is 3.01. The van der Waals surface area contributed by atoms with Crippen LogP contribution < -0.4 is 5.43 Å². The zero-order valence-electron chi connectivity index (χ0n) is 9.46. The maximum atomic E-state index is 12.0. The fraction of sp³-hybridized carbons (Fsp3) is 0.308. The van der Waals surface area contributed by atoms with Crippen molar-refractivity contribution in [1.29, 1.82) is 0 Å². The molecule has 3 heteroatoms. The van der Waals surface area contributed by atoms with E-state index in [0.29, 0.717) is 5.56 Å². The third kappa shape index (κ3) is 1.74. The number of halogens is 1. The van der Waals surface area contributed by atoms with Crippen LogP contribution in [0.25, 0.3) is 10.9 Å². The second kappa shape index (κ2) is 4.30. The van der Waals surface area contributed by atoms with Gasteiger partial charge in [0.2, 0.25) is 0 Å². The maximum absolute atomic E-state index is 12.0. The molecule has 84 valence electrons. The molecule has 0 bridgehead atoms. The number of aromatic nitrogens is 1. The fourth-order valence-electron chi connectivity index (χ4n) is 1.91. The molecule has 0 unspecified atom stereocenters. The molecule has 0 N–H and O–H groups in total. The van der Waals surface area contributed by atoms with E-state index in [-0.39, 0.29) is 11.3 Å². The van der Waals surface area contributed by atoms with Crippen LogP contribution in [0.5, 0.6) is 0 Å². The van der Waals surface area contributed by atoms with Crippen LogP contribution in [0.1, 0.15) is 18.1 Å². The molecule has 0 atom stereocenters. The van der Waals surface area contributed by atoms with Crippen molar-refractivity contribution in [3.63, 3.8) is 0 Å². The maximum Gasteiger partial charge on any atom is 0.193 e. The molecule has 0 aliphatic heterocycles. The van der Waals surface area contributed by atoms with Gasteiger partial charge >= 0.3 is 0 Å². The number of hydrogen-bond donors (Lipinski definition) is 0. The summed E-state index contributed by atoms with van der Waals surface area (Å²) < 4.78 is 1.97. The van der Waals surface area contributed by atoms with Gasteiger partial charge in [-0.25, -0.2) is 0 Å². The molecule has 2 rings (SSSR count). The van der Waals surface area contributed by atoms with Gasteiger partial charge in [-0.05, 0) is 24.1 Å². The summed E-state index contributed by atoms with van der Waals surface area (Å²) in [4.78, 5) is 12.0. The summed E-state index contributed by atoms with van der Waals surface area (Å²) in [5, 5.41) is 0.748. The van der Waals surface area contributed by atoms with E-state index in [9.17, 15) is 4.79 Å². The van der Waals surface area contributed by atoms with E-state index in [1.54, 1.807) is 0 Å². The minimum atomic E-state index is 0.0470. The predicted molar refractivity (Wildman–Crippen MR) is 68.1 cm³/mol. The number of alkyl halides is 1. The van der Waals surface area contributed by atoms with Gasteiger partial charge in [0.25, 0.3) is 0 Å². The summed E-state index contributed by atoms with van der Waals surface area (Å²) in [6.07, 6.45) is 2.79. The Bertz CT molecular complexity index is 586. The zero-order chi connectivity index (χ0) is 11.7. The van der Waals surface area contributed by atoms with Crippen LogP contribution in [0.2, 0.25) is 0 Å². The first-order valence-corrected chi connectivity index (χ1v) is 5.88. The van der Waals surface area contributed by atoms with E-state index in [1.807, 2.05) is 29.9 Å². The molecule has 1 aromatic carbocycles. The smallest absolute Gasteiger partial charge is 0.193 e. The van der Waals surface area contributed by atoms with E-state index in [4.69, 9.17) is 11.6 Å². The first kappa shape index (κ1) is 11.2. The summed E-state index contributed by atoms with van der Waals surface area (Å²) in [6.45, 7) is 2.10. The van der Waals surface area contributed by atoms with Gasteiger partial charge in [-0.1, -0.05) is 13.0 Å². The molecule has 0 aliphatic carbocycles. The number of pyridine rings is 1. The lowest BCUT2D eigenvalue weighted by molar-refractivity contribution is 0.933. The minimum Gasteiger partial charge on any atom is -0.350 e. The van der Waals surface area contributed by atoms with Crippen molar-refractivity contribution in [2.24, 2.45) is 7.05 Å². The molecular weight excluding hydrogens is 222 g/mol. The van der Waals surface area contributed by atoms with Crippen LogP contribution in [0.15, 0.2) is 29.2 Å². The Labute approximate surface area is 99.5 Å². The molecule has 0 radical (unpaired) electrons. The van der Waals surface area contributed by atoms with E-state index < -0.39 is 0 Å². The first-order valence-electron chi connectivity index (χ1n) is 5.34. The highest BCUT2D eigenvalue weighted by molar-refractivity contribution is 6.17. The van der Waals surface area contributed by atoms with Gasteiger partial charge in [0, 0.05) is 24.2 Å². The Morgan fingerprint density at radius 3 is 2.75 bits per heavy atom. The van der Waals surface area contributed by atoms with Crippen molar-refractivity contribution < 1.29 is 0 Å². The van der Waals surface area contributed by atoms with Gasteiger partial charge in [-0.2, -0.15) is 0 Å². The average molecular weight is 236 g/mol. The fourth-order valence-corrected chi connectivity index (χ4v) is 2.10. The number of benzene rings is 1. The van der Waals surface area contributed by atoms with Gasteiger partial charge in [0.15, 0.2) is 5.43 Å². The lowest BCUT2D eigenvalue weighted by atomic mass is 10.1. The summed E-state index contributed by atoms with van der Waals surface area (Å²) in [6, 6.07) is 5.96. The highest BCUT2D eigenvalue weighted by Crippen LogP contribution is 2.14. The van der Waals surface area contributed by atoms with Crippen molar-refractivity contribution in [3.8, 4) is 0 Å². The normalized spacial score (nSPS) is 10.9. The highest BCUT2D eigenvalue weighted by atomic mass is 35.5. The van der Waals surface area contributed by atoms with Crippen LogP contribution >= 0.6 is 11.6 Å². The zero-order valence-corrected chi connectivity index (χ0v) is 10.2. The molecular formula is C13H14ClNO. The lowest BCUT2D eigenvalue weighted by Gasteiger charge is -2.08. The molecule has 0 aliphatic rings. The minimum absolute atomic E-state index is 0.0470. The van der Waals surface area contributed by atoms with E-state index in [0.717, 1.165) is 17.3 Å². The topological polar surface area (TPSA) is 22.0 Å². The summed E-state index contributed by atoms with van der Waals surface area (Å²) >= 11 is 5.75. The van der Waals surface area contributed by atoms with Crippen molar-refractivity contribution in [2.45, 2.75) is 19.2 Å². The van der Waals surface area contributed by atoms with E-state index in [2.05, 4.69) is 13.0 Å². The van der Waals surface area contributed by atoms with Crippen molar-refractivity contribution in [2.75, 3.05) is 0 Å². The van der Waals surface area contributed by atoms with Gasteiger partial charge < -0.3 is 4.57 Å². The number of fused-ring (bicyclic) bond motifs is 1. The largest absolute Gasteiger partial charge is 0.350 e. The Balaban J connectivity index is 2.84. The molecule has 0 fully saturated rings. The molecule has 1 aromatic heterocycles.